The molecule has 2 aromatic carbocycles. The van der Waals surface area contributed by atoms with Crippen molar-refractivity contribution in [3.8, 4) is 23.0 Å². The van der Waals surface area contributed by atoms with Crippen LogP contribution >= 0.6 is 0 Å². The molecular weight excluding hydrogens is 732 g/mol. The van der Waals surface area contributed by atoms with Gasteiger partial charge in [-0.2, -0.15) is 0 Å². The minimum Gasteiger partial charge on any atom is -0.493 e. The summed E-state index contributed by atoms with van der Waals surface area (Å²) < 4.78 is 33.5. The fourth-order valence-electron chi connectivity index (χ4n) is 11.4. The number of carbonyl (C=O) groups excluding carboxylic acids is 4. The van der Waals surface area contributed by atoms with Crippen LogP contribution in [-0.4, -0.2) is 100 Å². The maximum absolute atomic E-state index is 13.3. The Morgan fingerprint density at radius 2 is 1.53 bits per heavy atom. The van der Waals surface area contributed by atoms with Gasteiger partial charge in [0.1, 0.15) is 19.3 Å². The topological polar surface area (TPSA) is 177 Å². The van der Waals surface area contributed by atoms with E-state index in [9.17, 15) is 19.2 Å². The van der Waals surface area contributed by atoms with Crippen LogP contribution in [-0.2, 0) is 31.9 Å². The highest BCUT2D eigenvalue weighted by Gasteiger charge is 2.60. The highest BCUT2D eigenvalue weighted by atomic mass is 16.6. The molecule has 6 atom stereocenters. The predicted molar refractivity (Wildman–Crippen MR) is 210 cm³/mol. The van der Waals surface area contributed by atoms with Crippen LogP contribution < -0.4 is 35.3 Å². The first-order chi connectivity index (χ1) is 27.2. The standard InChI is InChI=1S/C43H58N4O10/c1-41-17-28-18-42(2,23-41)25-43(19-28,24-41)46-40(51)56-21-31(44)38(49)47-12-6-7-29(20-47)45-39(50)57-34-11-9-26(15-37(34)54-5)13-30-32(48)22-55-35(30)14-27-8-10-33(52-3)36(16-27)53-4/h8-11,15-16,28-31,35H,6-7,12-14,17-25,44H2,1-5H3,(H,45,50)(H,46,51)/t28?,29-,30-,31-,35+,41?,42?,43?/m0/s1. The number of amides is 3. The zero-order valence-electron chi connectivity index (χ0n) is 33.9. The summed E-state index contributed by atoms with van der Waals surface area (Å²) in [6, 6.07) is 9.47. The Morgan fingerprint density at radius 3 is 2.19 bits per heavy atom. The van der Waals surface area contributed by atoms with E-state index in [-0.39, 0.29) is 71.6 Å². The molecule has 57 heavy (non-hydrogen) atoms. The minimum absolute atomic E-state index is 0.0228. The average molecular weight is 791 g/mol. The number of benzene rings is 2. The van der Waals surface area contributed by atoms with Crippen molar-refractivity contribution in [3.63, 3.8) is 0 Å². The largest absolute Gasteiger partial charge is 0.493 e. The van der Waals surface area contributed by atoms with Gasteiger partial charge in [-0.1, -0.05) is 26.0 Å². The molecule has 0 spiro atoms. The molecule has 2 aromatic rings. The summed E-state index contributed by atoms with van der Waals surface area (Å²) >= 11 is 0. The Hall–Kier alpha value is -4.56. The Morgan fingerprint density at radius 1 is 0.877 bits per heavy atom. The van der Waals surface area contributed by atoms with E-state index in [1.807, 2.05) is 18.2 Å². The molecule has 4 aliphatic carbocycles. The van der Waals surface area contributed by atoms with Gasteiger partial charge in [0.05, 0.1) is 33.4 Å². The third-order valence-corrected chi connectivity index (χ3v) is 12.8. The van der Waals surface area contributed by atoms with Gasteiger partial charge in [-0.05, 0) is 116 Å². The van der Waals surface area contributed by atoms with Crippen LogP contribution in [0.5, 0.6) is 23.0 Å². The fourth-order valence-corrected chi connectivity index (χ4v) is 11.4. The number of likely N-dealkylation sites (tertiary alicyclic amines) is 1. The molecule has 14 heteroatoms. The smallest absolute Gasteiger partial charge is 0.413 e. The number of nitrogens with one attached hydrogen (secondary N) is 2. The molecule has 8 rings (SSSR count). The number of Topliss-reactive ketones (excluding diaryl/α,β-unsaturated/α-hetero) is 1. The molecule has 4 bridgehead atoms. The van der Waals surface area contributed by atoms with E-state index >= 15 is 0 Å². The first kappa shape index (κ1) is 40.6. The SMILES string of the molecule is COc1ccc(C[C@H]2OCC(=O)[C@@H]2Cc2ccc(OC(=O)N[C@H]3CCCN(C(=O)[C@@H](N)COC(=O)NC45CC6CC(C)(CC(C)(C6)C4)C5)C3)c(OC)c2)cc1OC. The molecule has 4 N–H and O–H groups in total. The molecule has 6 aliphatic rings. The van der Waals surface area contributed by atoms with Crippen molar-refractivity contribution in [2.45, 2.75) is 102 Å². The lowest BCUT2D eigenvalue weighted by atomic mass is 9.43. The van der Waals surface area contributed by atoms with Crippen LogP contribution in [0.25, 0.3) is 0 Å². The number of alkyl carbamates (subject to hydrolysis) is 1. The second-order valence-corrected chi connectivity index (χ2v) is 17.9. The third-order valence-electron chi connectivity index (χ3n) is 12.8. The van der Waals surface area contributed by atoms with Crippen LogP contribution in [0, 0.1) is 22.7 Å². The van der Waals surface area contributed by atoms with Gasteiger partial charge in [0.15, 0.2) is 28.8 Å². The number of ketones is 1. The van der Waals surface area contributed by atoms with Gasteiger partial charge in [0.25, 0.3) is 0 Å². The molecule has 2 aliphatic heterocycles. The normalized spacial score (nSPS) is 30.7. The number of nitrogens with two attached hydrogens (primary N) is 1. The molecule has 0 aromatic heterocycles. The van der Waals surface area contributed by atoms with Crippen LogP contribution in [0.4, 0.5) is 9.59 Å². The van der Waals surface area contributed by atoms with Gasteiger partial charge >= 0.3 is 12.2 Å². The number of nitrogens with zero attached hydrogens (tertiary/aromatic N) is 1. The van der Waals surface area contributed by atoms with Gasteiger partial charge in [-0.15, -0.1) is 0 Å². The number of carbonyl (C=O) groups is 4. The molecule has 6 fully saturated rings. The Kier molecular flexibility index (Phi) is 11.7. The Balaban J connectivity index is 0.881. The average Bonchev–Trinajstić information content (AvgIpc) is 3.49. The molecular formula is C43H58N4O10. The zero-order chi connectivity index (χ0) is 40.5. The fraction of sp³-hybridized carbons (Fsp3) is 0.628. The molecule has 14 nitrogen and oxygen atoms in total. The van der Waals surface area contributed by atoms with Crippen molar-refractivity contribution in [2.24, 2.45) is 28.4 Å². The van der Waals surface area contributed by atoms with Crippen molar-refractivity contribution < 1.29 is 47.6 Å². The van der Waals surface area contributed by atoms with Gasteiger partial charge in [0.2, 0.25) is 5.91 Å². The first-order valence-electron chi connectivity index (χ1n) is 20.2. The summed E-state index contributed by atoms with van der Waals surface area (Å²) in [5, 5.41) is 6.07. The lowest BCUT2D eigenvalue weighted by molar-refractivity contribution is -0.134. The van der Waals surface area contributed by atoms with Crippen LogP contribution in [0.3, 0.4) is 0 Å². The summed E-state index contributed by atoms with van der Waals surface area (Å²) in [5.41, 5.74) is 8.27. The highest BCUT2D eigenvalue weighted by Crippen LogP contribution is 2.66. The highest BCUT2D eigenvalue weighted by molar-refractivity contribution is 5.85. The number of piperidine rings is 1. The molecule has 4 saturated carbocycles. The third kappa shape index (κ3) is 9.12. The molecule has 2 heterocycles. The van der Waals surface area contributed by atoms with E-state index in [1.165, 1.54) is 26.4 Å². The molecule has 0 radical (unpaired) electrons. The van der Waals surface area contributed by atoms with Crippen LogP contribution in [0.1, 0.15) is 76.3 Å². The van der Waals surface area contributed by atoms with Gasteiger partial charge in [0, 0.05) is 24.7 Å². The molecule has 2 unspecified atom stereocenters. The first-order valence-corrected chi connectivity index (χ1v) is 20.2. The van der Waals surface area contributed by atoms with E-state index in [0.29, 0.717) is 55.4 Å². The summed E-state index contributed by atoms with van der Waals surface area (Å²) in [6.07, 6.45) is 7.24. The van der Waals surface area contributed by atoms with E-state index in [2.05, 4.69) is 24.5 Å². The van der Waals surface area contributed by atoms with Crippen molar-refractivity contribution in [1.82, 2.24) is 15.5 Å². The summed E-state index contributed by atoms with van der Waals surface area (Å²) in [7, 11) is 4.65. The Bertz CT molecular complexity index is 1840. The predicted octanol–water partition coefficient (Wildman–Crippen LogP) is 4.96. The number of methoxy groups -OCH3 is 3. The second kappa shape index (κ2) is 16.4. The lowest BCUT2D eigenvalue weighted by Crippen LogP contribution is -2.65. The van der Waals surface area contributed by atoms with Crippen molar-refractivity contribution >= 4 is 23.9 Å². The molecule has 2 saturated heterocycles. The van der Waals surface area contributed by atoms with Gasteiger partial charge in [-0.3, -0.25) is 9.59 Å². The quantitative estimate of drug-likeness (QED) is 0.250. The number of ether oxygens (including phenoxy) is 6. The van der Waals surface area contributed by atoms with Crippen molar-refractivity contribution in [1.29, 1.82) is 0 Å². The maximum Gasteiger partial charge on any atom is 0.413 e. The number of hydrogen-bond acceptors (Lipinski definition) is 11. The van der Waals surface area contributed by atoms with Crippen molar-refractivity contribution in [3.05, 3.63) is 47.5 Å². The van der Waals surface area contributed by atoms with Crippen LogP contribution in [0.2, 0.25) is 0 Å². The summed E-state index contributed by atoms with van der Waals surface area (Å²) in [6.45, 7) is 5.23. The Labute approximate surface area is 334 Å². The van der Waals surface area contributed by atoms with E-state index in [4.69, 9.17) is 34.2 Å². The van der Waals surface area contributed by atoms with E-state index < -0.39 is 18.2 Å². The molecule has 310 valence electrons. The maximum atomic E-state index is 13.3. The van der Waals surface area contributed by atoms with E-state index in [0.717, 1.165) is 30.4 Å². The molecule has 3 amide bonds. The van der Waals surface area contributed by atoms with Gasteiger partial charge < -0.3 is 49.7 Å². The lowest BCUT2D eigenvalue weighted by Gasteiger charge is -2.65. The van der Waals surface area contributed by atoms with Crippen molar-refractivity contribution in [2.75, 3.05) is 47.6 Å². The summed E-state index contributed by atoms with van der Waals surface area (Å²) in [5.74, 6) is 1.72. The zero-order valence-corrected chi connectivity index (χ0v) is 33.9. The number of hydrogen-bond donors (Lipinski definition) is 3. The minimum atomic E-state index is -1.03. The van der Waals surface area contributed by atoms with Gasteiger partial charge in [-0.25, -0.2) is 9.59 Å². The monoisotopic (exact) mass is 790 g/mol. The summed E-state index contributed by atoms with van der Waals surface area (Å²) in [4.78, 5) is 54.0. The van der Waals surface area contributed by atoms with E-state index in [1.54, 1.807) is 37.3 Å². The second-order valence-electron chi connectivity index (χ2n) is 17.9. The van der Waals surface area contributed by atoms with Crippen LogP contribution in [0.15, 0.2) is 36.4 Å². The number of rotatable bonds is 13.